The Hall–Kier alpha value is -3.23. The molecule has 6 nitrogen and oxygen atoms in total. The Balaban J connectivity index is 1.70. The molecule has 0 fully saturated rings. The Labute approximate surface area is 152 Å². The molecule has 0 bridgehead atoms. The first-order chi connectivity index (χ1) is 12.8. The van der Waals surface area contributed by atoms with Gasteiger partial charge in [0.05, 0.1) is 18.3 Å². The Morgan fingerprint density at radius 3 is 2.56 bits per heavy atom. The third-order valence-corrected chi connectivity index (χ3v) is 4.38. The average Bonchev–Trinajstić information content (AvgIpc) is 3.06. The monoisotopic (exact) mass is 373 g/mol. The molecule has 0 unspecified atom stereocenters. The van der Waals surface area contributed by atoms with Crippen molar-refractivity contribution in [3.8, 4) is 11.1 Å². The molecule has 0 spiro atoms. The number of alkyl halides is 3. The van der Waals surface area contributed by atoms with Crippen molar-refractivity contribution in [3.05, 3.63) is 59.8 Å². The highest BCUT2D eigenvalue weighted by Crippen LogP contribution is 2.31. The highest BCUT2D eigenvalue weighted by atomic mass is 19.4. The van der Waals surface area contributed by atoms with Gasteiger partial charge >= 0.3 is 6.18 Å². The molecule has 0 saturated carbocycles. The number of fused-ring (bicyclic) bond motifs is 1. The summed E-state index contributed by atoms with van der Waals surface area (Å²) in [5.41, 5.74) is 1.79. The van der Waals surface area contributed by atoms with E-state index in [4.69, 9.17) is 0 Å². The van der Waals surface area contributed by atoms with E-state index in [1.54, 1.807) is 23.1 Å². The topological polar surface area (TPSA) is 63.9 Å². The number of carbonyl (C=O) groups is 1. The summed E-state index contributed by atoms with van der Waals surface area (Å²) in [6.07, 6.45) is -0.465. The summed E-state index contributed by atoms with van der Waals surface area (Å²) in [4.78, 5) is 22.4. The minimum Gasteiger partial charge on any atom is -0.289 e. The van der Waals surface area contributed by atoms with Crippen LogP contribution in [0.15, 0.2) is 42.9 Å². The molecule has 4 heterocycles. The number of rotatable bonds is 2. The lowest BCUT2D eigenvalue weighted by atomic mass is 10.1. The number of anilines is 1. The number of aryl methyl sites for hydroxylation is 1. The highest BCUT2D eigenvalue weighted by molar-refractivity contribution is 6.09. The average molecular weight is 373 g/mol. The summed E-state index contributed by atoms with van der Waals surface area (Å²) in [5.74, 6) is -0.173. The van der Waals surface area contributed by atoms with Crippen molar-refractivity contribution in [1.82, 2.24) is 19.7 Å². The normalized spacial score (nSPS) is 14.4. The molecular formula is C18H14F3N5O. The second-order valence-corrected chi connectivity index (χ2v) is 6.18. The van der Waals surface area contributed by atoms with Crippen LogP contribution in [-0.4, -0.2) is 32.2 Å². The molecule has 0 atom stereocenters. The fraction of sp³-hybridized carbons (Fsp3) is 0.222. The summed E-state index contributed by atoms with van der Waals surface area (Å²) in [7, 11) is 0. The van der Waals surface area contributed by atoms with Crippen LogP contribution in [0.3, 0.4) is 0 Å². The molecule has 1 aliphatic rings. The van der Waals surface area contributed by atoms with Gasteiger partial charge in [-0.25, -0.2) is 4.98 Å². The zero-order chi connectivity index (χ0) is 19.2. The van der Waals surface area contributed by atoms with E-state index < -0.39 is 11.7 Å². The van der Waals surface area contributed by atoms with Crippen LogP contribution in [0.25, 0.3) is 11.1 Å². The molecule has 0 aromatic carbocycles. The van der Waals surface area contributed by atoms with Gasteiger partial charge in [-0.3, -0.25) is 19.4 Å². The number of halogens is 3. The van der Waals surface area contributed by atoms with E-state index in [-0.39, 0.29) is 18.3 Å². The first kappa shape index (κ1) is 17.2. The van der Waals surface area contributed by atoms with Crippen molar-refractivity contribution in [2.75, 3.05) is 11.4 Å². The van der Waals surface area contributed by atoms with Crippen LogP contribution < -0.4 is 4.90 Å². The van der Waals surface area contributed by atoms with Gasteiger partial charge in [-0.1, -0.05) is 0 Å². The molecule has 0 radical (unpaired) electrons. The number of hydrogen-bond acceptors (Lipinski definition) is 4. The zero-order valence-electron chi connectivity index (χ0n) is 14.2. The van der Waals surface area contributed by atoms with Gasteiger partial charge < -0.3 is 0 Å². The maximum Gasteiger partial charge on any atom is 0.417 e. The van der Waals surface area contributed by atoms with Gasteiger partial charge in [0.2, 0.25) is 0 Å². The first-order valence-corrected chi connectivity index (χ1v) is 8.18. The number of carbonyl (C=O) groups excluding carboxylic acids is 1. The SMILES string of the molecule is Cc1cc(-c2cnn3c2C(=O)N(c2ccc(C(F)(F)F)cn2)CC3)ccn1. The minimum atomic E-state index is -4.47. The highest BCUT2D eigenvalue weighted by Gasteiger charge is 2.33. The second-order valence-electron chi connectivity index (χ2n) is 6.18. The smallest absolute Gasteiger partial charge is 0.289 e. The van der Waals surface area contributed by atoms with E-state index in [0.717, 1.165) is 23.5 Å². The van der Waals surface area contributed by atoms with Crippen molar-refractivity contribution < 1.29 is 18.0 Å². The quantitative estimate of drug-likeness (QED) is 0.691. The van der Waals surface area contributed by atoms with Crippen LogP contribution in [0.2, 0.25) is 0 Å². The Bertz CT molecular complexity index is 1010. The van der Waals surface area contributed by atoms with Crippen LogP contribution in [0.5, 0.6) is 0 Å². The molecule has 4 rings (SSSR count). The molecule has 9 heteroatoms. The third-order valence-electron chi connectivity index (χ3n) is 4.38. The van der Waals surface area contributed by atoms with Gasteiger partial charge in [-0.2, -0.15) is 18.3 Å². The second kappa shape index (κ2) is 6.19. The Morgan fingerprint density at radius 2 is 1.89 bits per heavy atom. The largest absolute Gasteiger partial charge is 0.417 e. The van der Waals surface area contributed by atoms with Crippen molar-refractivity contribution >= 4 is 11.7 Å². The van der Waals surface area contributed by atoms with Gasteiger partial charge in [0, 0.05) is 30.2 Å². The summed E-state index contributed by atoms with van der Waals surface area (Å²) >= 11 is 0. The van der Waals surface area contributed by atoms with Crippen LogP contribution in [0.1, 0.15) is 21.7 Å². The van der Waals surface area contributed by atoms with Crippen molar-refractivity contribution in [2.24, 2.45) is 0 Å². The van der Waals surface area contributed by atoms with Crippen molar-refractivity contribution in [3.63, 3.8) is 0 Å². The first-order valence-electron chi connectivity index (χ1n) is 8.18. The summed E-state index contributed by atoms with van der Waals surface area (Å²) in [6.45, 7) is 2.55. The van der Waals surface area contributed by atoms with Gasteiger partial charge in [-0.15, -0.1) is 0 Å². The van der Waals surface area contributed by atoms with E-state index in [9.17, 15) is 18.0 Å². The lowest BCUT2D eigenvalue weighted by molar-refractivity contribution is -0.137. The predicted molar refractivity (Wildman–Crippen MR) is 91.1 cm³/mol. The molecule has 1 aliphatic heterocycles. The minimum absolute atomic E-state index is 0.178. The number of nitrogens with zero attached hydrogens (tertiary/aromatic N) is 5. The molecular weight excluding hydrogens is 359 g/mol. The number of pyridine rings is 2. The van der Waals surface area contributed by atoms with Crippen LogP contribution >= 0.6 is 0 Å². The van der Waals surface area contributed by atoms with Crippen LogP contribution in [0.4, 0.5) is 19.0 Å². The van der Waals surface area contributed by atoms with E-state index in [2.05, 4.69) is 15.1 Å². The fourth-order valence-electron chi connectivity index (χ4n) is 3.06. The van der Waals surface area contributed by atoms with E-state index in [1.165, 1.54) is 11.0 Å². The number of hydrogen-bond donors (Lipinski definition) is 0. The number of aromatic nitrogens is 4. The van der Waals surface area contributed by atoms with Gasteiger partial charge in [0.1, 0.15) is 11.5 Å². The molecule has 3 aromatic heterocycles. The van der Waals surface area contributed by atoms with Gasteiger partial charge in [0.15, 0.2) is 0 Å². The molecule has 0 saturated heterocycles. The fourth-order valence-corrected chi connectivity index (χ4v) is 3.06. The third kappa shape index (κ3) is 3.05. The molecule has 27 heavy (non-hydrogen) atoms. The van der Waals surface area contributed by atoms with Gasteiger partial charge in [-0.05, 0) is 36.8 Å². The summed E-state index contributed by atoms with van der Waals surface area (Å²) < 4.78 is 39.8. The summed E-state index contributed by atoms with van der Waals surface area (Å²) in [5, 5.41) is 4.27. The molecule has 0 aliphatic carbocycles. The molecule has 138 valence electrons. The Morgan fingerprint density at radius 1 is 1.07 bits per heavy atom. The maximum atomic E-state index is 13.0. The lowest BCUT2D eigenvalue weighted by Crippen LogP contribution is -2.41. The zero-order valence-corrected chi connectivity index (χ0v) is 14.2. The molecule has 1 amide bonds. The summed E-state index contributed by atoms with van der Waals surface area (Å²) in [6, 6.07) is 5.77. The molecule has 0 N–H and O–H groups in total. The van der Waals surface area contributed by atoms with Crippen LogP contribution in [0, 0.1) is 6.92 Å². The van der Waals surface area contributed by atoms with E-state index >= 15 is 0 Å². The molecule has 3 aromatic rings. The number of amides is 1. The Kier molecular flexibility index (Phi) is 3.94. The van der Waals surface area contributed by atoms with Crippen molar-refractivity contribution in [1.29, 1.82) is 0 Å². The van der Waals surface area contributed by atoms with Gasteiger partial charge in [0.25, 0.3) is 5.91 Å². The van der Waals surface area contributed by atoms with Crippen molar-refractivity contribution in [2.45, 2.75) is 19.6 Å². The lowest BCUT2D eigenvalue weighted by Gasteiger charge is -2.27. The maximum absolute atomic E-state index is 13.0. The predicted octanol–water partition coefficient (Wildman–Crippen LogP) is 3.33. The van der Waals surface area contributed by atoms with E-state index in [0.29, 0.717) is 17.8 Å². The van der Waals surface area contributed by atoms with E-state index in [1.807, 2.05) is 13.0 Å². The standard InChI is InChI=1S/C18H14F3N5O/c1-11-8-12(4-5-22-11)14-10-24-26-7-6-25(17(27)16(14)26)15-3-2-13(9-23-15)18(19,20)21/h2-5,8-10H,6-7H2,1H3. The van der Waals surface area contributed by atoms with Crippen LogP contribution in [-0.2, 0) is 12.7 Å².